The standard InChI is InChI=1S/C19H30BrN3O2/c1-14(2)10-23-7-8-25-17(12-23)11-22(4)13-19(24)21-18-6-5-16(20)9-15(18)3/h5-6,9,14,17H,7-8,10-13H2,1-4H3,(H,21,24)/p+2/t17-/m1/s1. The highest BCUT2D eigenvalue weighted by atomic mass is 79.9. The van der Waals surface area contributed by atoms with Crippen LogP contribution in [0.1, 0.15) is 19.4 Å². The van der Waals surface area contributed by atoms with Crippen LogP contribution in [0, 0.1) is 12.8 Å². The Morgan fingerprint density at radius 3 is 2.92 bits per heavy atom. The fourth-order valence-corrected chi connectivity index (χ4v) is 3.92. The molecular formula is C19H32BrN3O2+2. The lowest BCUT2D eigenvalue weighted by Gasteiger charge is -2.31. The van der Waals surface area contributed by atoms with Gasteiger partial charge >= 0.3 is 0 Å². The van der Waals surface area contributed by atoms with Crippen LogP contribution in [0.3, 0.4) is 0 Å². The van der Waals surface area contributed by atoms with Crippen LogP contribution in [0.4, 0.5) is 5.69 Å². The summed E-state index contributed by atoms with van der Waals surface area (Å²) in [5.74, 6) is 0.754. The Bertz CT molecular complexity index is 580. The average molecular weight is 414 g/mol. The van der Waals surface area contributed by atoms with Gasteiger partial charge in [0.05, 0.1) is 20.2 Å². The van der Waals surface area contributed by atoms with E-state index in [0.29, 0.717) is 12.5 Å². The first-order valence-corrected chi connectivity index (χ1v) is 9.95. The molecule has 1 aromatic rings. The van der Waals surface area contributed by atoms with Crippen LogP contribution in [0.15, 0.2) is 22.7 Å². The topological polar surface area (TPSA) is 47.2 Å². The van der Waals surface area contributed by atoms with Gasteiger partial charge in [-0.05, 0) is 30.7 Å². The maximum absolute atomic E-state index is 12.3. The molecule has 0 aromatic heterocycles. The third-order valence-corrected chi connectivity index (χ3v) is 5.02. The summed E-state index contributed by atoms with van der Waals surface area (Å²) in [7, 11) is 2.06. The number of halogens is 1. The number of ether oxygens (including phenoxy) is 1. The molecule has 1 aliphatic heterocycles. The number of anilines is 1. The highest BCUT2D eigenvalue weighted by molar-refractivity contribution is 9.10. The van der Waals surface area contributed by atoms with E-state index in [1.54, 1.807) is 4.90 Å². The molecule has 3 N–H and O–H groups in total. The Balaban J connectivity index is 1.79. The lowest BCUT2D eigenvalue weighted by Crippen LogP contribution is -3.18. The van der Waals surface area contributed by atoms with E-state index in [9.17, 15) is 4.79 Å². The molecule has 1 fully saturated rings. The van der Waals surface area contributed by atoms with Gasteiger partial charge in [-0.15, -0.1) is 0 Å². The first kappa shape index (κ1) is 20.4. The Morgan fingerprint density at radius 2 is 2.24 bits per heavy atom. The maximum Gasteiger partial charge on any atom is 0.279 e. The van der Waals surface area contributed by atoms with Crippen molar-refractivity contribution in [3.63, 3.8) is 0 Å². The van der Waals surface area contributed by atoms with Gasteiger partial charge in [0.1, 0.15) is 19.6 Å². The highest BCUT2D eigenvalue weighted by Gasteiger charge is 2.27. The lowest BCUT2D eigenvalue weighted by atomic mass is 10.1. The fraction of sp³-hybridized carbons (Fsp3) is 0.632. The third-order valence-electron chi connectivity index (χ3n) is 4.52. The zero-order chi connectivity index (χ0) is 18.4. The minimum atomic E-state index is 0.0464. The summed E-state index contributed by atoms with van der Waals surface area (Å²) in [4.78, 5) is 15.1. The molecular weight excluding hydrogens is 382 g/mol. The smallest absolute Gasteiger partial charge is 0.279 e. The Kier molecular flexibility index (Phi) is 7.87. The van der Waals surface area contributed by atoms with E-state index in [-0.39, 0.29) is 12.0 Å². The largest absolute Gasteiger partial charge is 0.361 e. The van der Waals surface area contributed by atoms with Crippen molar-refractivity contribution < 1.29 is 19.3 Å². The molecule has 0 saturated carbocycles. The number of nitrogens with one attached hydrogen (secondary N) is 3. The molecule has 0 radical (unpaired) electrons. The number of hydrogen-bond donors (Lipinski definition) is 3. The van der Waals surface area contributed by atoms with E-state index in [2.05, 4.69) is 42.1 Å². The van der Waals surface area contributed by atoms with Gasteiger partial charge in [-0.1, -0.05) is 29.8 Å². The van der Waals surface area contributed by atoms with Crippen molar-refractivity contribution >= 4 is 27.5 Å². The molecule has 1 amide bonds. The Morgan fingerprint density at radius 1 is 1.48 bits per heavy atom. The Hall–Kier alpha value is -0.950. The SMILES string of the molecule is Cc1cc(Br)ccc1NC(=O)C[NH+](C)C[C@@H]1C[NH+](CC(C)C)CCO1. The van der Waals surface area contributed by atoms with Crippen LogP contribution in [-0.2, 0) is 9.53 Å². The number of quaternary nitrogens is 2. The third kappa shape index (κ3) is 7.05. The molecule has 1 heterocycles. The van der Waals surface area contributed by atoms with Crippen LogP contribution in [-0.4, -0.2) is 58.4 Å². The van der Waals surface area contributed by atoms with Gasteiger partial charge in [0.25, 0.3) is 5.91 Å². The van der Waals surface area contributed by atoms with E-state index < -0.39 is 0 Å². The average Bonchev–Trinajstić information content (AvgIpc) is 2.49. The number of likely N-dealkylation sites (N-methyl/N-ethyl adjacent to an activating group) is 1. The number of carbonyl (C=O) groups excluding carboxylic acids is 1. The number of hydrogen-bond acceptors (Lipinski definition) is 2. The number of carbonyl (C=O) groups is 1. The van der Waals surface area contributed by atoms with E-state index in [1.165, 1.54) is 11.4 Å². The summed E-state index contributed by atoms with van der Waals surface area (Å²) in [5, 5.41) is 3.01. The number of aryl methyl sites for hydroxylation is 1. The molecule has 1 saturated heterocycles. The summed E-state index contributed by atoms with van der Waals surface area (Å²) in [6.45, 7) is 12.0. The van der Waals surface area contributed by atoms with E-state index in [4.69, 9.17) is 4.74 Å². The summed E-state index contributed by atoms with van der Waals surface area (Å²) >= 11 is 3.44. The van der Waals surface area contributed by atoms with E-state index in [1.807, 2.05) is 25.1 Å². The van der Waals surface area contributed by atoms with Crippen LogP contribution in [0.5, 0.6) is 0 Å². The molecule has 1 aliphatic rings. The molecule has 3 atom stereocenters. The molecule has 25 heavy (non-hydrogen) atoms. The second-order valence-electron chi connectivity index (χ2n) is 7.64. The number of rotatable bonds is 7. The normalized spacial score (nSPS) is 22.0. The quantitative estimate of drug-likeness (QED) is 0.595. The number of amides is 1. The lowest BCUT2D eigenvalue weighted by molar-refractivity contribution is -0.926. The molecule has 0 bridgehead atoms. The minimum Gasteiger partial charge on any atom is -0.361 e. The van der Waals surface area contributed by atoms with Crippen LogP contribution in [0.25, 0.3) is 0 Å². The zero-order valence-corrected chi connectivity index (χ0v) is 17.4. The van der Waals surface area contributed by atoms with E-state index in [0.717, 1.165) is 42.0 Å². The van der Waals surface area contributed by atoms with Crippen LogP contribution in [0.2, 0.25) is 0 Å². The van der Waals surface area contributed by atoms with Crippen LogP contribution < -0.4 is 15.1 Å². The molecule has 6 heteroatoms. The van der Waals surface area contributed by atoms with Gasteiger partial charge in [0.15, 0.2) is 12.6 Å². The first-order valence-electron chi connectivity index (χ1n) is 9.16. The van der Waals surface area contributed by atoms with Crippen molar-refractivity contribution in [3.8, 4) is 0 Å². The second-order valence-corrected chi connectivity index (χ2v) is 8.56. The fourth-order valence-electron chi connectivity index (χ4n) is 3.44. The first-order chi connectivity index (χ1) is 11.8. The second kappa shape index (κ2) is 9.67. The zero-order valence-electron chi connectivity index (χ0n) is 15.8. The molecule has 2 rings (SSSR count). The van der Waals surface area contributed by atoms with Gasteiger partial charge in [0.2, 0.25) is 0 Å². The van der Waals surface area contributed by atoms with Gasteiger partial charge in [-0.3, -0.25) is 4.79 Å². The molecule has 1 aromatic carbocycles. The highest BCUT2D eigenvalue weighted by Crippen LogP contribution is 2.19. The van der Waals surface area contributed by atoms with Gasteiger partial charge in [0, 0.05) is 16.1 Å². The van der Waals surface area contributed by atoms with Crippen molar-refractivity contribution in [2.24, 2.45) is 5.92 Å². The summed E-state index contributed by atoms with van der Waals surface area (Å²) < 4.78 is 6.94. The van der Waals surface area contributed by atoms with Crippen molar-refractivity contribution in [2.75, 3.05) is 51.7 Å². The molecule has 140 valence electrons. The van der Waals surface area contributed by atoms with E-state index >= 15 is 0 Å². The van der Waals surface area contributed by atoms with Crippen molar-refractivity contribution in [3.05, 3.63) is 28.2 Å². The van der Waals surface area contributed by atoms with Crippen LogP contribution >= 0.6 is 15.9 Å². The number of benzene rings is 1. The maximum atomic E-state index is 12.3. The molecule has 5 nitrogen and oxygen atoms in total. The molecule has 0 spiro atoms. The monoisotopic (exact) mass is 413 g/mol. The Labute approximate surface area is 159 Å². The summed E-state index contributed by atoms with van der Waals surface area (Å²) in [6, 6.07) is 5.89. The molecule has 2 unspecified atom stereocenters. The minimum absolute atomic E-state index is 0.0464. The summed E-state index contributed by atoms with van der Waals surface area (Å²) in [6.07, 6.45) is 0.240. The predicted molar refractivity (Wildman–Crippen MR) is 104 cm³/mol. The summed E-state index contributed by atoms with van der Waals surface area (Å²) in [5.41, 5.74) is 1.94. The van der Waals surface area contributed by atoms with Gasteiger partial charge < -0.3 is 19.9 Å². The number of morpholine rings is 1. The van der Waals surface area contributed by atoms with Crippen molar-refractivity contribution in [1.29, 1.82) is 0 Å². The van der Waals surface area contributed by atoms with Gasteiger partial charge in [-0.25, -0.2) is 0 Å². The van der Waals surface area contributed by atoms with Gasteiger partial charge in [-0.2, -0.15) is 0 Å². The van der Waals surface area contributed by atoms with Crippen molar-refractivity contribution in [2.45, 2.75) is 26.9 Å². The predicted octanol–water partition coefficient (Wildman–Crippen LogP) is 0.150. The molecule has 0 aliphatic carbocycles. The van der Waals surface area contributed by atoms with Crippen molar-refractivity contribution in [1.82, 2.24) is 0 Å².